The molecule has 0 aromatic rings. The average molecular weight is 221 g/mol. The molecular formula is C9H19NO3S. The van der Waals surface area contributed by atoms with Crippen molar-refractivity contribution in [2.75, 3.05) is 6.54 Å². The SMILES string of the molecule is CCC(C)OC(O)CNC(=O)C(C)S. The molecule has 4 nitrogen and oxygen atoms in total. The highest BCUT2D eigenvalue weighted by Crippen LogP contribution is 1.99. The third-order valence-electron chi connectivity index (χ3n) is 1.79. The van der Waals surface area contributed by atoms with Gasteiger partial charge < -0.3 is 15.2 Å². The van der Waals surface area contributed by atoms with Gasteiger partial charge in [-0.1, -0.05) is 6.92 Å². The molecule has 0 aliphatic carbocycles. The van der Waals surface area contributed by atoms with Crippen molar-refractivity contribution in [3.8, 4) is 0 Å². The Morgan fingerprint density at radius 2 is 2.14 bits per heavy atom. The Morgan fingerprint density at radius 1 is 1.57 bits per heavy atom. The lowest BCUT2D eigenvalue weighted by molar-refractivity contribution is -0.137. The summed E-state index contributed by atoms with van der Waals surface area (Å²) in [5.41, 5.74) is 0. The zero-order valence-electron chi connectivity index (χ0n) is 8.86. The van der Waals surface area contributed by atoms with E-state index in [2.05, 4.69) is 17.9 Å². The molecule has 14 heavy (non-hydrogen) atoms. The van der Waals surface area contributed by atoms with Crippen LogP contribution < -0.4 is 5.32 Å². The van der Waals surface area contributed by atoms with Gasteiger partial charge in [0, 0.05) is 0 Å². The van der Waals surface area contributed by atoms with Crippen LogP contribution in [0.1, 0.15) is 27.2 Å². The van der Waals surface area contributed by atoms with E-state index in [1.54, 1.807) is 6.92 Å². The predicted octanol–water partition coefficient (Wildman–Crippen LogP) is 0.554. The van der Waals surface area contributed by atoms with Gasteiger partial charge >= 0.3 is 0 Å². The highest BCUT2D eigenvalue weighted by Gasteiger charge is 2.12. The van der Waals surface area contributed by atoms with Gasteiger partial charge in [0.25, 0.3) is 0 Å². The number of ether oxygens (including phenoxy) is 1. The number of amides is 1. The number of aliphatic hydroxyl groups excluding tert-OH is 1. The smallest absolute Gasteiger partial charge is 0.232 e. The summed E-state index contributed by atoms with van der Waals surface area (Å²) in [7, 11) is 0. The monoisotopic (exact) mass is 221 g/mol. The normalized spacial score (nSPS) is 17.2. The van der Waals surface area contributed by atoms with Crippen LogP contribution in [0.25, 0.3) is 0 Å². The standard InChI is InChI=1S/C9H19NO3S/c1-4-6(2)13-8(11)5-10-9(12)7(3)14/h6-8,11,14H,4-5H2,1-3H3,(H,10,12). The lowest BCUT2D eigenvalue weighted by Gasteiger charge is -2.17. The van der Waals surface area contributed by atoms with Gasteiger partial charge in [-0.2, -0.15) is 12.6 Å². The van der Waals surface area contributed by atoms with Crippen molar-refractivity contribution in [2.24, 2.45) is 0 Å². The van der Waals surface area contributed by atoms with Crippen molar-refractivity contribution >= 4 is 18.5 Å². The van der Waals surface area contributed by atoms with Crippen LogP contribution in [0.3, 0.4) is 0 Å². The van der Waals surface area contributed by atoms with E-state index in [1.807, 2.05) is 13.8 Å². The number of hydrogen-bond acceptors (Lipinski definition) is 4. The summed E-state index contributed by atoms with van der Waals surface area (Å²) in [6, 6.07) is 0. The maximum Gasteiger partial charge on any atom is 0.232 e. The van der Waals surface area contributed by atoms with Crippen LogP contribution in [0, 0.1) is 0 Å². The molecule has 0 aliphatic rings. The molecule has 0 saturated heterocycles. The third-order valence-corrected chi connectivity index (χ3v) is 2.03. The maximum atomic E-state index is 11.0. The molecular weight excluding hydrogens is 202 g/mol. The minimum Gasteiger partial charge on any atom is -0.366 e. The number of nitrogens with one attached hydrogen (secondary N) is 1. The molecule has 0 aromatic heterocycles. The summed E-state index contributed by atoms with van der Waals surface area (Å²) in [6.07, 6.45) is -0.121. The zero-order valence-corrected chi connectivity index (χ0v) is 9.75. The molecule has 0 bridgehead atoms. The topological polar surface area (TPSA) is 58.6 Å². The van der Waals surface area contributed by atoms with Crippen molar-refractivity contribution in [3.05, 3.63) is 0 Å². The van der Waals surface area contributed by atoms with Gasteiger partial charge in [-0.3, -0.25) is 4.79 Å². The van der Waals surface area contributed by atoms with Crippen LogP contribution in [0.5, 0.6) is 0 Å². The lowest BCUT2D eigenvalue weighted by atomic mass is 10.3. The zero-order chi connectivity index (χ0) is 11.1. The molecule has 0 saturated carbocycles. The van der Waals surface area contributed by atoms with Gasteiger partial charge in [-0.15, -0.1) is 0 Å². The van der Waals surface area contributed by atoms with Gasteiger partial charge in [-0.25, -0.2) is 0 Å². The molecule has 1 amide bonds. The number of rotatable bonds is 6. The number of thiol groups is 1. The summed E-state index contributed by atoms with van der Waals surface area (Å²) < 4.78 is 5.15. The molecule has 0 radical (unpaired) electrons. The van der Waals surface area contributed by atoms with Gasteiger partial charge in [0.05, 0.1) is 17.9 Å². The number of aliphatic hydroxyl groups is 1. The van der Waals surface area contributed by atoms with Crippen LogP contribution in [-0.2, 0) is 9.53 Å². The number of carbonyl (C=O) groups excluding carboxylic acids is 1. The average Bonchev–Trinajstić information content (AvgIpc) is 2.13. The van der Waals surface area contributed by atoms with Crippen LogP contribution in [-0.4, -0.2) is 35.2 Å². The van der Waals surface area contributed by atoms with Crippen LogP contribution in [0.4, 0.5) is 0 Å². The van der Waals surface area contributed by atoms with E-state index < -0.39 is 6.29 Å². The molecule has 0 aliphatic heterocycles. The predicted molar refractivity (Wildman–Crippen MR) is 58.3 cm³/mol. The largest absolute Gasteiger partial charge is 0.366 e. The van der Waals surface area contributed by atoms with Crippen molar-refractivity contribution in [3.63, 3.8) is 0 Å². The molecule has 0 rings (SSSR count). The van der Waals surface area contributed by atoms with Crippen LogP contribution in [0.2, 0.25) is 0 Å². The second kappa shape index (κ2) is 7.09. The van der Waals surface area contributed by atoms with E-state index in [1.165, 1.54) is 0 Å². The van der Waals surface area contributed by atoms with Gasteiger partial charge in [0.15, 0.2) is 6.29 Å². The highest BCUT2D eigenvalue weighted by atomic mass is 32.1. The van der Waals surface area contributed by atoms with Crippen LogP contribution >= 0.6 is 12.6 Å². The van der Waals surface area contributed by atoms with E-state index in [4.69, 9.17) is 4.74 Å². The summed E-state index contributed by atoms with van der Waals surface area (Å²) in [5.74, 6) is -0.208. The van der Waals surface area contributed by atoms with Crippen molar-refractivity contribution in [1.82, 2.24) is 5.32 Å². The minimum atomic E-state index is -0.944. The molecule has 84 valence electrons. The van der Waals surface area contributed by atoms with Gasteiger partial charge in [0.2, 0.25) is 5.91 Å². The van der Waals surface area contributed by atoms with Crippen molar-refractivity contribution in [1.29, 1.82) is 0 Å². The molecule has 0 heterocycles. The number of carbonyl (C=O) groups is 1. The van der Waals surface area contributed by atoms with Gasteiger partial charge in [0.1, 0.15) is 0 Å². The molecule has 0 fully saturated rings. The first-order valence-corrected chi connectivity index (χ1v) is 5.28. The highest BCUT2D eigenvalue weighted by molar-refractivity contribution is 7.81. The fraction of sp³-hybridized carbons (Fsp3) is 0.889. The summed E-state index contributed by atoms with van der Waals surface area (Å²) in [5, 5.41) is 11.5. The second-order valence-corrected chi connectivity index (χ2v) is 4.01. The Labute approximate surface area is 90.4 Å². The Hall–Kier alpha value is -0.260. The third kappa shape index (κ3) is 6.23. The van der Waals surface area contributed by atoms with Crippen molar-refractivity contribution in [2.45, 2.75) is 44.8 Å². The summed E-state index contributed by atoms with van der Waals surface area (Å²) >= 11 is 3.95. The fourth-order valence-corrected chi connectivity index (χ4v) is 0.839. The van der Waals surface area contributed by atoms with Crippen LogP contribution in [0.15, 0.2) is 0 Å². The first kappa shape index (κ1) is 13.7. The second-order valence-electron chi connectivity index (χ2n) is 3.23. The Bertz CT molecular complexity index is 175. The minimum absolute atomic E-state index is 0.00433. The molecule has 0 aromatic carbocycles. The first-order valence-electron chi connectivity index (χ1n) is 4.76. The van der Waals surface area contributed by atoms with Gasteiger partial charge in [-0.05, 0) is 20.3 Å². The molecule has 3 unspecified atom stereocenters. The Balaban J connectivity index is 3.63. The van der Waals surface area contributed by atoms with Crippen molar-refractivity contribution < 1.29 is 14.6 Å². The molecule has 2 N–H and O–H groups in total. The lowest BCUT2D eigenvalue weighted by Crippen LogP contribution is -2.38. The van der Waals surface area contributed by atoms with E-state index in [0.717, 1.165) is 6.42 Å². The fourth-order valence-electron chi connectivity index (χ4n) is 0.748. The van der Waals surface area contributed by atoms with E-state index >= 15 is 0 Å². The van der Waals surface area contributed by atoms with E-state index in [9.17, 15) is 9.90 Å². The van der Waals surface area contributed by atoms with E-state index in [0.29, 0.717) is 0 Å². The Morgan fingerprint density at radius 3 is 2.57 bits per heavy atom. The summed E-state index contributed by atoms with van der Waals surface area (Å²) in [4.78, 5) is 11.0. The molecule has 0 spiro atoms. The quantitative estimate of drug-likeness (QED) is 0.453. The summed E-state index contributed by atoms with van der Waals surface area (Å²) in [6.45, 7) is 5.60. The first-order chi connectivity index (χ1) is 6.47. The number of hydrogen-bond donors (Lipinski definition) is 3. The Kier molecular flexibility index (Phi) is 6.96. The van der Waals surface area contributed by atoms with E-state index in [-0.39, 0.29) is 23.8 Å². The molecule has 5 heteroatoms. The molecule has 3 atom stereocenters. The maximum absolute atomic E-state index is 11.0.